The third kappa shape index (κ3) is 3.33. The number of aromatic nitrogens is 1. The molecule has 0 aromatic carbocycles. The maximum Gasteiger partial charge on any atom is 0.254 e. The summed E-state index contributed by atoms with van der Waals surface area (Å²) in [7, 11) is 0. The summed E-state index contributed by atoms with van der Waals surface area (Å²) in [5, 5.41) is 2.67. The van der Waals surface area contributed by atoms with E-state index in [9.17, 15) is 4.79 Å². The molecule has 1 heterocycles. The van der Waals surface area contributed by atoms with Gasteiger partial charge in [0.15, 0.2) is 0 Å². The molecule has 1 rings (SSSR count). The quantitative estimate of drug-likeness (QED) is 0.663. The van der Waals surface area contributed by atoms with Crippen molar-refractivity contribution in [1.29, 1.82) is 0 Å². The van der Waals surface area contributed by atoms with Crippen LogP contribution in [0.1, 0.15) is 10.4 Å². The fourth-order valence-electron chi connectivity index (χ4n) is 0.820. The summed E-state index contributed by atoms with van der Waals surface area (Å²) in [6.45, 7) is 0.174. The molecule has 0 aliphatic carbocycles. The van der Waals surface area contributed by atoms with E-state index in [1.807, 2.05) is 0 Å². The van der Waals surface area contributed by atoms with Crippen molar-refractivity contribution in [3.05, 3.63) is 29.0 Å². The average Bonchev–Trinajstić information content (AvgIpc) is 2.15. The molecule has 0 aliphatic rings. The van der Waals surface area contributed by atoms with Crippen LogP contribution in [0.5, 0.6) is 0 Å². The molecular formula is C8H7Cl3N2O. The molecule has 1 aromatic heterocycles. The van der Waals surface area contributed by atoms with Crippen molar-refractivity contribution in [2.45, 2.75) is 4.84 Å². The zero-order valence-corrected chi connectivity index (χ0v) is 9.27. The molecule has 0 saturated carbocycles. The van der Waals surface area contributed by atoms with Crippen LogP contribution in [0.15, 0.2) is 18.3 Å². The maximum atomic E-state index is 11.4. The summed E-state index contributed by atoms with van der Waals surface area (Å²) < 4.78 is 0. The van der Waals surface area contributed by atoms with Crippen LogP contribution in [-0.4, -0.2) is 22.3 Å². The second-order valence-corrected chi connectivity index (χ2v) is 4.08. The van der Waals surface area contributed by atoms with Crippen molar-refractivity contribution in [2.75, 3.05) is 6.54 Å². The van der Waals surface area contributed by atoms with Gasteiger partial charge in [-0.3, -0.25) is 4.79 Å². The van der Waals surface area contributed by atoms with Gasteiger partial charge in [-0.1, -0.05) is 11.6 Å². The standard InChI is InChI=1S/C8H7Cl3N2O/c9-6(10)4-13-8(14)5-2-1-3-12-7(5)11/h1-3,6H,4H2,(H,13,14). The number of amides is 1. The summed E-state index contributed by atoms with van der Waals surface area (Å²) in [5.74, 6) is -0.339. The number of alkyl halides is 2. The van der Waals surface area contributed by atoms with E-state index in [2.05, 4.69) is 10.3 Å². The van der Waals surface area contributed by atoms with E-state index in [1.165, 1.54) is 6.20 Å². The van der Waals surface area contributed by atoms with Crippen molar-refractivity contribution in [3.8, 4) is 0 Å². The highest BCUT2D eigenvalue weighted by Gasteiger charge is 2.10. The average molecular weight is 254 g/mol. The van der Waals surface area contributed by atoms with Crippen LogP contribution in [0.4, 0.5) is 0 Å². The number of hydrogen-bond donors (Lipinski definition) is 1. The van der Waals surface area contributed by atoms with Gasteiger partial charge in [0.2, 0.25) is 0 Å². The minimum atomic E-state index is -0.630. The van der Waals surface area contributed by atoms with Gasteiger partial charge in [-0.2, -0.15) is 0 Å². The lowest BCUT2D eigenvalue weighted by Gasteiger charge is -2.05. The van der Waals surface area contributed by atoms with Crippen LogP contribution in [0, 0.1) is 0 Å². The summed E-state index contributed by atoms with van der Waals surface area (Å²) >= 11 is 16.6. The third-order valence-electron chi connectivity index (χ3n) is 1.42. The topological polar surface area (TPSA) is 42.0 Å². The SMILES string of the molecule is O=C(NCC(Cl)Cl)c1cccnc1Cl. The Labute approximate surface area is 96.4 Å². The van der Waals surface area contributed by atoms with Crippen molar-refractivity contribution in [3.63, 3.8) is 0 Å². The molecule has 1 N–H and O–H groups in total. The second-order valence-electron chi connectivity index (χ2n) is 2.44. The summed E-state index contributed by atoms with van der Waals surface area (Å²) in [5.41, 5.74) is 0.308. The molecule has 76 valence electrons. The van der Waals surface area contributed by atoms with Crippen LogP contribution >= 0.6 is 34.8 Å². The van der Waals surface area contributed by atoms with Gasteiger partial charge in [-0.15, -0.1) is 23.2 Å². The van der Waals surface area contributed by atoms with Crippen molar-refractivity contribution in [2.24, 2.45) is 0 Å². The number of nitrogens with zero attached hydrogens (tertiary/aromatic N) is 1. The van der Waals surface area contributed by atoms with E-state index < -0.39 is 4.84 Å². The highest BCUT2D eigenvalue weighted by molar-refractivity contribution is 6.44. The van der Waals surface area contributed by atoms with Gasteiger partial charge in [0.05, 0.1) is 5.56 Å². The molecule has 0 fully saturated rings. The molecule has 0 saturated heterocycles. The molecular weight excluding hydrogens is 246 g/mol. The Balaban J connectivity index is 2.65. The van der Waals surface area contributed by atoms with Gasteiger partial charge in [0.25, 0.3) is 5.91 Å². The van der Waals surface area contributed by atoms with E-state index in [1.54, 1.807) is 12.1 Å². The largest absolute Gasteiger partial charge is 0.349 e. The van der Waals surface area contributed by atoms with E-state index in [-0.39, 0.29) is 17.6 Å². The normalized spacial score (nSPS) is 10.3. The Morgan fingerprint density at radius 1 is 1.57 bits per heavy atom. The van der Waals surface area contributed by atoms with E-state index in [0.29, 0.717) is 5.56 Å². The van der Waals surface area contributed by atoms with E-state index in [4.69, 9.17) is 34.8 Å². The van der Waals surface area contributed by atoms with Crippen LogP contribution in [-0.2, 0) is 0 Å². The zero-order valence-electron chi connectivity index (χ0n) is 7.01. The maximum absolute atomic E-state index is 11.4. The minimum Gasteiger partial charge on any atom is -0.349 e. The Bertz CT molecular complexity index is 330. The lowest BCUT2D eigenvalue weighted by Crippen LogP contribution is -2.28. The molecule has 0 spiro atoms. The molecule has 14 heavy (non-hydrogen) atoms. The number of rotatable bonds is 3. The van der Waals surface area contributed by atoms with Gasteiger partial charge in [0, 0.05) is 12.7 Å². The molecule has 6 heteroatoms. The van der Waals surface area contributed by atoms with Crippen molar-refractivity contribution >= 4 is 40.7 Å². The van der Waals surface area contributed by atoms with E-state index >= 15 is 0 Å². The first kappa shape index (κ1) is 11.6. The molecule has 0 unspecified atom stereocenters. The summed E-state index contributed by atoms with van der Waals surface area (Å²) in [6.07, 6.45) is 1.50. The fourth-order valence-corrected chi connectivity index (χ4v) is 1.18. The lowest BCUT2D eigenvalue weighted by molar-refractivity contribution is 0.0955. The van der Waals surface area contributed by atoms with Crippen LogP contribution in [0.3, 0.4) is 0 Å². The smallest absolute Gasteiger partial charge is 0.254 e. The second kappa shape index (κ2) is 5.39. The molecule has 3 nitrogen and oxygen atoms in total. The van der Waals surface area contributed by atoms with Gasteiger partial charge in [0.1, 0.15) is 9.99 Å². The highest BCUT2D eigenvalue weighted by atomic mass is 35.5. The van der Waals surface area contributed by atoms with Gasteiger partial charge >= 0.3 is 0 Å². The van der Waals surface area contributed by atoms with Crippen molar-refractivity contribution in [1.82, 2.24) is 10.3 Å². The Hall–Kier alpha value is -0.510. The van der Waals surface area contributed by atoms with Crippen LogP contribution in [0.25, 0.3) is 0 Å². The third-order valence-corrected chi connectivity index (χ3v) is 2.03. The molecule has 1 amide bonds. The first-order valence-electron chi connectivity index (χ1n) is 3.78. The number of carbonyl (C=O) groups is 1. The molecule has 0 radical (unpaired) electrons. The van der Waals surface area contributed by atoms with Gasteiger partial charge in [-0.05, 0) is 12.1 Å². The van der Waals surface area contributed by atoms with Crippen LogP contribution in [0.2, 0.25) is 5.15 Å². The van der Waals surface area contributed by atoms with Crippen molar-refractivity contribution < 1.29 is 4.79 Å². The predicted molar refractivity (Wildman–Crippen MR) is 57.1 cm³/mol. The summed E-state index contributed by atoms with van der Waals surface area (Å²) in [4.78, 5) is 14.6. The zero-order chi connectivity index (χ0) is 10.6. The molecule has 1 aromatic rings. The Morgan fingerprint density at radius 3 is 2.86 bits per heavy atom. The predicted octanol–water partition coefficient (Wildman–Crippen LogP) is 2.27. The number of pyridine rings is 1. The Morgan fingerprint density at radius 2 is 2.29 bits per heavy atom. The van der Waals surface area contributed by atoms with Gasteiger partial charge < -0.3 is 5.32 Å². The first-order chi connectivity index (χ1) is 6.61. The fraction of sp³-hybridized carbons (Fsp3) is 0.250. The number of carbonyl (C=O) groups excluding carboxylic acids is 1. The number of hydrogen-bond acceptors (Lipinski definition) is 2. The van der Waals surface area contributed by atoms with Gasteiger partial charge in [-0.25, -0.2) is 4.98 Å². The summed E-state index contributed by atoms with van der Waals surface area (Å²) in [6, 6.07) is 3.20. The number of nitrogens with one attached hydrogen (secondary N) is 1. The van der Waals surface area contributed by atoms with E-state index in [0.717, 1.165) is 0 Å². The lowest BCUT2D eigenvalue weighted by atomic mass is 10.3. The first-order valence-corrected chi connectivity index (χ1v) is 5.03. The minimum absolute atomic E-state index is 0.158. The molecule has 0 bridgehead atoms. The Kier molecular flexibility index (Phi) is 4.45. The monoisotopic (exact) mass is 252 g/mol. The molecule has 0 atom stereocenters. The highest BCUT2D eigenvalue weighted by Crippen LogP contribution is 2.11. The number of halogens is 3. The molecule has 0 aliphatic heterocycles. The van der Waals surface area contributed by atoms with Crippen LogP contribution < -0.4 is 5.32 Å².